The number of para-hydroxylation sites is 1. The predicted octanol–water partition coefficient (Wildman–Crippen LogP) is 3.05. The number of hydrogen-bond acceptors (Lipinski definition) is 4. The normalized spacial score (nSPS) is 10.7. The number of benzene rings is 2. The molecule has 3 aromatic rings. The molecule has 0 saturated heterocycles. The van der Waals surface area contributed by atoms with Gasteiger partial charge in [-0.1, -0.05) is 35.5 Å². The Labute approximate surface area is 115 Å². The first kappa shape index (κ1) is 12.3. The molecule has 1 aromatic heterocycles. The van der Waals surface area contributed by atoms with Gasteiger partial charge in [0, 0.05) is 11.3 Å². The number of anilines is 1. The smallest absolute Gasteiger partial charge is 0.231 e. The minimum atomic E-state index is -0.286. The summed E-state index contributed by atoms with van der Waals surface area (Å²) in [6.45, 7) is 0. The lowest BCUT2D eigenvalue weighted by atomic mass is 10.1. The molecule has 0 amide bonds. The van der Waals surface area contributed by atoms with E-state index in [4.69, 9.17) is 10.3 Å². The van der Waals surface area contributed by atoms with Crippen LogP contribution in [0.2, 0.25) is 0 Å². The van der Waals surface area contributed by atoms with Gasteiger partial charge in [0.2, 0.25) is 11.7 Å². The summed E-state index contributed by atoms with van der Waals surface area (Å²) in [6.07, 6.45) is 0.256. The van der Waals surface area contributed by atoms with Crippen molar-refractivity contribution in [2.24, 2.45) is 0 Å². The Hall–Kier alpha value is -2.69. The highest BCUT2D eigenvalue weighted by Gasteiger charge is 2.12. The van der Waals surface area contributed by atoms with Crippen LogP contribution in [0.4, 0.5) is 10.1 Å². The summed E-state index contributed by atoms with van der Waals surface area (Å²) in [6, 6.07) is 13.8. The first-order valence-corrected chi connectivity index (χ1v) is 6.15. The van der Waals surface area contributed by atoms with E-state index in [-0.39, 0.29) is 12.2 Å². The topological polar surface area (TPSA) is 64.9 Å². The van der Waals surface area contributed by atoms with Gasteiger partial charge in [-0.3, -0.25) is 0 Å². The lowest BCUT2D eigenvalue weighted by Gasteiger charge is -1.99. The van der Waals surface area contributed by atoms with Crippen LogP contribution in [0.15, 0.2) is 53.1 Å². The number of halogens is 1. The van der Waals surface area contributed by atoms with Crippen LogP contribution in [0.3, 0.4) is 0 Å². The summed E-state index contributed by atoms with van der Waals surface area (Å²) >= 11 is 0. The first-order chi connectivity index (χ1) is 9.74. The van der Waals surface area contributed by atoms with Gasteiger partial charge in [0.1, 0.15) is 5.82 Å². The summed E-state index contributed by atoms with van der Waals surface area (Å²) in [5.41, 5.74) is 7.65. The van der Waals surface area contributed by atoms with Crippen molar-refractivity contribution >= 4 is 5.69 Å². The molecule has 0 radical (unpaired) electrons. The van der Waals surface area contributed by atoms with Gasteiger partial charge in [0.15, 0.2) is 0 Å². The summed E-state index contributed by atoms with van der Waals surface area (Å²) in [5.74, 6) is 0.481. The average Bonchev–Trinajstić information content (AvgIpc) is 2.90. The molecular formula is C15H12FN3O. The molecule has 3 rings (SSSR count). The molecule has 1 heterocycles. The van der Waals surface area contributed by atoms with E-state index >= 15 is 0 Å². The van der Waals surface area contributed by atoms with Crippen molar-refractivity contribution in [2.75, 3.05) is 5.73 Å². The maximum absolute atomic E-state index is 13.6. The first-order valence-electron chi connectivity index (χ1n) is 6.15. The van der Waals surface area contributed by atoms with Crippen molar-refractivity contribution in [1.29, 1.82) is 0 Å². The molecule has 0 fully saturated rings. The Bertz CT molecular complexity index is 739. The van der Waals surface area contributed by atoms with E-state index in [1.807, 2.05) is 18.2 Å². The van der Waals surface area contributed by atoms with Gasteiger partial charge in [-0.05, 0) is 23.8 Å². The molecule has 5 heteroatoms. The second kappa shape index (κ2) is 5.13. The van der Waals surface area contributed by atoms with E-state index < -0.39 is 0 Å². The summed E-state index contributed by atoms with van der Waals surface area (Å²) < 4.78 is 18.7. The molecular weight excluding hydrogens is 257 g/mol. The Morgan fingerprint density at radius 1 is 1.05 bits per heavy atom. The fraction of sp³-hybridized carbons (Fsp3) is 0.0667. The Morgan fingerprint density at radius 3 is 2.60 bits per heavy atom. The third kappa shape index (κ3) is 2.38. The molecule has 0 bridgehead atoms. The second-order valence-electron chi connectivity index (χ2n) is 4.37. The van der Waals surface area contributed by atoms with E-state index in [1.165, 1.54) is 6.07 Å². The predicted molar refractivity (Wildman–Crippen MR) is 73.4 cm³/mol. The molecule has 2 aromatic carbocycles. The second-order valence-corrected chi connectivity index (χ2v) is 4.37. The van der Waals surface area contributed by atoms with E-state index in [0.717, 1.165) is 0 Å². The van der Waals surface area contributed by atoms with Crippen molar-refractivity contribution in [3.05, 3.63) is 65.8 Å². The van der Waals surface area contributed by atoms with Crippen LogP contribution < -0.4 is 5.73 Å². The Morgan fingerprint density at radius 2 is 1.80 bits per heavy atom. The lowest BCUT2D eigenvalue weighted by molar-refractivity contribution is 0.384. The molecule has 0 unspecified atom stereocenters. The van der Waals surface area contributed by atoms with Crippen LogP contribution in [0.25, 0.3) is 11.4 Å². The van der Waals surface area contributed by atoms with E-state index in [2.05, 4.69) is 10.1 Å². The number of nitrogens with two attached hydrogens (primary N) is 1. The zero-order valence-corrected chi connectivity index (χ0v) is 10.6. The molecule has 4 nitrogen and oxygen atoms in total. The highest BCUT2D eigenvalue weighted by atomic mass is 19.1. The quantitative estimate of drug-likeness (QED) is 0.742. The summed E-state index contributed by atoms with van der Waals surface area (Å²) in [4.78, 5) is 4.25. The number of rotatable bonds is 3. The molecule has 0 spiro atoms. The molecule has 0 atom stereocenters. The van der Waals surface area contributed by atoms with Crippen LogP contribution in [-0.2, 0) is 6.42 Å². The largest absolute Gasteiger partial charge is 0.398 e. The number of aromatic nitrogens is 2. The van der Waals surface area contributed by atoms with Crippen molar-refractivity contribution in [1.82, 2.24) is 10.1 Å². The van der Waals surface area contributed by atoms with E-state index in [1.54, 1.807) is 24.3 Å². The van der Waals surface area contributed by atoms with Crippen molar-refractivity contribution in [2.45, 2.75) is 6.42 Å². The highest BCUT2D eigenvalue weighted by Crippen LogP contribution is 2.23. The lowest BCUT2D eigenvalue weighted by Crippen LogP contribution is -1.93. The maximum Gasteiger partial charge on any atom is 0.231 e. The number of hydrogen-bond donors (Lipinski definition) is 1. The fourth-order valence-electron chi connectivity index (χ4n) is 1.94. The monoisotopic (exact) mass is 269 g/mol. The third-order valence-corrected chi connectivity index (χ3v) is 2.97. The fourth-order valence-corrected chi connectivity index (χ4v) is 1.94. The van der Waals surface area contributed by atoms with Gasteiger partial charge in [0.05, 0.1) is 6.42 Å². The van der Waals surface area contributed by atoms with Gasteiger partial charge >= 0.3 is 0 Å². The van der Waals surface area contributed by atoms with Crippen LogP contribution in [0.5, 0.6) is 0 Å². The minimum absolute atomic E-state index is 0.256. The van der Waals surface area contributed by atoms with Gasteiger partial charge in [-0.15, -0.1) is 0 Å². The van der Waals surface area contributed by atoms with Crippen molar-refractivity contribution in [3.8, 4) is 11.4 Å². The minimum Gasteiger partial charge on any atom is -0.398 e. The summed E-state index contributed by atoms with van der Waals surface area (Å²) in [5, 5.41) is 3.88. The number of nitrogen functional groups attached to an aromatic ring is 1. The standard InChI is InChI=1S/C15H12FN3O/c16-12-7-3-1-5-10(12)9-14-18-15(19-20-14)11-6-2-4-8-13(11)17/h1-8H,9,17H2. The molecule has 2 N–H and O–H groups in total. The van der Waals surface area contributed by atoms with Crippen LogP contribution in [-0.4, -0.2) is 10.1 Å². The third-order valence-electron chi connectivity index (χ3n) is 2.97. The van der Waals surface area contributed by atoms with Crippen LogP contribution in [0, 0.1) is 5.82 Å². The van der Waals surface area contributed by atoms with E-state index in [9.17, 15) is 4.39 Å². The molecule has 0 aliphatic heterocycles. The Balaban J connectivity index is 1.88. The Kier molecular flexibility index (Phi) is 3.16. The van der Waals surface area contributed by atoms with Gasteiger partial charge in [-0.2, -0.15) is 4.98 Å². The van der Waals surface area contributed by atoms with Crippen LogP contribution >= 0.6 is 0 Å². The SMILES string of the molecule is Nc1ccccc1-c1noc(Cc2ccccc2F)n1. The average molecular weight is 269 g/mol. The molecule has 0 aliphatic rings. The van der Waals surface area contributed by atoms with Gasteiger partial charge < -0.3 is 10.3 Å². The van der Waals surface area contributed by atoms with E-state index in [0.29, 0.717) is 28.5 Å². The molecule has 0 aliphatic carbocycles. The van der Waals surface area contributed by atoms with Crippen molar-refractivity contribution < 1.29 is 8.91 Å². The highest BCUT2D eigenvalue weighted by molar-refractivity contribution is 5.70. The summed E-state index contributed by atoms with van der Waals surface area (Å²) in [7, 11) is 0. The van der Waals surface area contributed by atoms with Crippen LogP contribution in [0.1, 0.15) is 11.5 Å². The van der Waals surface area contributed by atoms with Gasteiger partial charge in [0.25, 0.3) is 0 Å². The molecule has 0 saturated carbocycles. The zero-order valence-electron chi connectivity index (χ0n) is 10.6. The molecule has 20 heavy (non-hydrogen) atoms. The zero-order chi connectivity index (χ0) is 13.9. The van der Waals surface area contributed by atoms with Crippen molar-refractivity contribution in [3.63, 3.8) is 0 Å². The number of nitrogens with zero attached hydrogens (tertiary/aromatic N) is 2. The molecule has 100 valence electrons. The maximum atomic E-state index is 13.6. The van der Waals surface area contributed by atoms with Gasteiger partial charge in [-0.25, -0.2) is 4.39 Å².